The van der Waals surface area contributed by atoms with Crippen molar-refractivity contribution >= 4 is 61.4 Å². The molecule has 4 heterocycles. The number of methoxy groups -OCH3 is 1. The van der Waals surface area contributed by atoms with Crippen molar-refractivity contribution in [3.63, 3.8) is 0 Å². The van der Waals surface area contributed by atoms with Gasteiger partial charge in [0, 0.05) is 66.5 Å². The van der Waals surface area contributed by atoms with E-state index < -0.39 is 5.97 Å². The lowest BCUT2D eigenvalue weighted by atomic mass is 9.53. The summed E-state index contributed by atoms with van der Waals surface area (Å²) in [5.41, 5.74) is 11.1. The average Bonchev–Trinajstić information content (AvgIpc) is 3.58. The number of thiazole rings is 1. The Morgan fingerprint density at radius 1 is 1.10 bits per heavy atom. The van der Waals surface area contributed by atoms with E-state index in [2.05, 4.69) is 41.3 Å². The molecule has 0 amide bonds. The van der Waals surface area contributed by atoms with Crippen molar-refractivity contribution in [1.82, 2.24) is 25.1 Å². The summed E-state index contributed by atoms with van der Waals surface area (Å²) in [4.78, 5) is 31.9. The normalized spacial score (nSPS) is 26.0. The van der Waals surface area contributed by atoms with Crippen LogP contribution in [0, 0.1) is 29.6 Å². The molecule has 4 bridgehead atoms. The van der Waals surface area contributed by atoms with Crippen molar-refractivity contribution in [2.24, 2.45) is 33.4 Å². The van der Waals surface area contributed by atoms with E-state index in [1.807, 2.05) is 43.0 Å². The third-order valence-corrected chi connectivity index (χ3v) is 14.9. The Bertz CT molecular complexity index is 2370. The number of aliphatic hydroxyl groups is 1. The van der Waals surface area contributed by atoms with Gasteiger partial charge in [-0.15, -0.1) is 10.2 Å². The Labute approximate surface area is 369 Å². The number of benzene rings is 1. The molecule has 5 atom stereocenters. The van der Waals surface area contributed by atoms with Gasteiger partial charge in [-0.05, 0) is 139 Å². The fraction of sp³-hybridized carbons (Fsp3) is 0.574. The largest absolute Gasteiger partial charge is 0.497 e. The number of aromatic carboxylic acids is 1. The molecule has 62 heavy (non-hydrogen) atoms. The summed E-state index contributed by atoms with van der Waals surface area (Å²) in [6.45, 7) is 13.0. The molecule has 5 unspecified atom stereocenters. The molecule has 9 rings (SSSR count). The van der Waals surface area contributed by atoms with Gasteiger partial charge in [-0.25, -0.2) is 14.8 Å². The number of allylic oxidation sites excluding steroid dienone is 1. The summed E-state index contributed by atoms with van der Waals surface area (Å²) in [6.07, 6.45) is 11.7. The standard InChI is InChI=1S/C47H63N9O5S/c1-29-34-10-9-16-56(42(34)54-53-41(29)52-44-50-37-20-33(60-6)11-13-38(37)62-44)39-14-12-35(40(51-39)43(58)59)36(24-48)30(2)49-25-32-22-46(4)26-45(3)21-31(32)23-47(27-45,28-46)61-19-17-55(5)15-7-8-18-57/h11-14,20,24,31-32,57H,7-10,15-19,21-23,25-28,48H2,1-6H3,(H,58,59)(H,50,52,53). The molecule has 3 aromatic heterocycles. The molecule has 0 radical (unpaired) electrons. The number of fused-ring (bicyclic) bond motifs is 3. The van der Waals surface area contributed by atoms with Crippen LogP contribution < -0.4 is 20.7 Å². The number of nitrogens with zero attached hydrogens (tertiary/aromatic N) is 7. The number of anilines is 4. The molecule has 14 nitrogen and oxygen atoms in total. The predicted octanol–water partition coefficient (Wildman–Crippen LogP) is 8.17. The number of nitrogens with two attached hydrogens (primary N) is 1. The molecule has 332 valence electrons. The second-order valence-electron chi connectivity index (χ2n) is 19.1. The maximum atomic E-state index is 12.9. The fourth-order valence-corrected chi connectivity index (χ4v) is 12.6. The first-order valence-electron chi connectivity index (χ1n) is 22.2. The van der Waals surface area contributed by atoms with E-state index in [9.17, 15) is 15.0 Å². The molecule has 1 aliphatic heterocycles. The molecule has 4 aliphatic carbocycles. The number of carboxylic acid groups (broad SMARTS) is 1. The van der Waals surface area contributed by atoms with E-state index >= 15 is 0 Å². The van der Waals surface area contributed by atoms with Crippen LogP contribution in [0.5, 0.6) is 5.75 Å². The summed E-state index contributed by atoms with van der Waals surface area (Å²) in [6, 6.07) is 9.47. The van der Waals surface area contributed by atoms with Crippen LogP contribution in [0.25, 0.3) is 15.8 Å². The van der Waals surface area contributed by atoms with Crippen LogP contribution >= 0.6 is 11.3 Å². The van der Waals surface area contributed by atoms with Gasteiger partial charge < -0.3 is 40.5 Å². The van der Waals surface area contributed by atoms with Gasteiger partial charge in [-0.1, -0.05) is 25.2 Å². The van der Waals surface area contributed by atoms with E-state index in [0.29, 0.717) is 64.4 Å². The van der Waals surface area contributed by atoms with Crippen molar-refractivity contribution < 1.29 is 24.5 Å². The Balaban J connectivity index is 0.980. The van der Waals surface area contributed by atoms with Gasteiger partial charge in [0.05, 0.1) is 29.5 Å². The van der Waals surface area contributed by atoms with Crippen LogP contribution in [0.3, 0.4) is 0 Å². The zero-order valence-corrected chi connectivity index (χ0v) is 38.0. The number of nitrogens with one attached hydrogen (secondary N) is 1. The third kappa shape index (κ3) is 9.04. The van der Waals surface area contributed by atoms with E-state index in [-0.39, 0.29) is 28.7 Å². The number of unbranched alkanes of at least 4 members (excludes halogenated alkanes) is 1. The number of carboxylic acids is 1. The van der Waals surface area contributed by atoms with Crippen LogP contribution in [-0.2, 0) is 11.2 Å². The molecule has 5 aliphatic rings. The minimum Gasteiger partial charge on any atom is -0.497 e. The van der Waals surface area contributed by atoms with Crippen LogP contribution in [-0.4, -0.2) is 106 Å². The summed E-state index contributed by atoms with van der Waals surface area (Å²) in [5.74, 6) is 2.29. The molecule has 5 N–H and O–H groups in total. The first kappa shape index (κ1) is 43.9. The molecule has 15 heteroatoms. The van der Waals surface area contributed by atoms with E-state index in [1.165, 1.54) is 30.4 Å². The highest BCUT2D eigenvalue weighted by molar-refractivity contribution is 7.22. The summed E-state index contributed by atoms with van der Waals surface area (Å²) >= 11 is 1.53. The van der Waals surface area contributed by atoms with Gasteiger partial charge in [0.2, 0.25) is 0 Å². The molecule has 4 saturated carbocycles. The van der Waals surface area contributed by atoms with Crippen molar-refractivity contribution in [1.29, 1.82) is 0 Å². The van der Waals surface area contributed by atoms with Gasteiger partial charge in [0.1, 0.15) is 11.6 Å². The third-order valence-electron chi connectivity index (χ3n) is 14.0. The molecule has 4 aromatic rings. The smallest absolute Gasteiger partial charge is 0.355 e. The number of aromatic nitrogens is 4. The maximum absolute atomic E-state index is 12.9. The van der Waals surface area contributed by atoms with Gasteiger partial charge in [-0.2, -0.15) is 0 Å². The Morgan fingerprint density at radius 3 is 2.66 bits per heavy atom. The summed E-state index contributed by atoms with van der Waals surface area (Å²) < 4.78 is 13.3. The quantitative estimate of drug-likeness (QED) is 0.0589. The minimum atomic E-state index is -1.14. The Morgan fingerprint density at radius 2 is 1.90 bits per heavy atom. The highest BCUT2D eigenvalue weighted by Gasteiger charge is 2.60. The first-order valence-corrected chi connectivity index (χ1v) is 23.0. The summed E-state index contributed by atoms with van der Waals surface area (Å²) in [7, 11) is 3.78. The summed E-state index contributed by atoms with van der Waals surface area (Å²) in [5, 5.41) is 33.1. The number of ether oxygens (including phenoxy) is 2. The maximum Gasteiger partial charge on any atom is 0.355 e. The van der Waals surface area contributed by atoms with Crippen LogP contribution in [0.1, 0.15) is 106 Å². The lowest BCUT2D eigenvalue weighted by Gasteiger charge is -2.56. The average molecular weight is 866 g/mol. The fourth-order valence-electron chi connectivity index (χ4n) is 11.8. The molecule has 1 aromatic carbocycles. The number of aliphatic imine (C=N–C) groups is 1. The number of hydrogen-bond donors (Lipinski definition) is 4. The van der Waals surface area contributed by atoms with Crippen LogP contribution in [0.2, 0.25) is 0 Å². The lowest BCUT2D eigenvalue weighted by molar-refractivity contribution is -0.165. The molecule has 4 fully saturated rings. The predicted molar refractivity (Wildman–Crippen MR) is 246 cm³/mol. The van der Waals surface area contributed by atoms with Crippen LogP contribution in [0.15, 0.2) is 41.5 Å². The SMILES string of the molecule is COc1ccc2sc(Nc3nnc4c(c3C)CCCN4c3ccc(C(=CN)C(C)=NCC4CC5(C)CC6(C)CC4CC(OCCN(C)CCCCO)(C5)C6)c(C(=O)O)n3)nc2c1. The highest BCUT2D eigenvalue weighted by Crippen LogP contribution is 2.66. The van der Waals surface area contributed by atoms with Crippen molar-refractivity contribution in [3.8, 4) is 5.75 Å². The molecule has 0 spiro atoms. The molecule has 0 saturated heterocycles. The number of rotatable bonds is 17. The van der Waals surface area contributed by atoms with Crippen molar-refractivity contribution in [2.75, 3.05) is 63.8 Å². The zero-order chi connectivity index (χ0) is 43.8. The number of hydrogen-bond acceptors (Lipinski definition) is 14. The minimum absolute atomic E-state index is 0.0831. The molecular weight excluding hydrogens is 803 g/mol. The topological polar surface area (TPSA) is 184 Å². The second-order valence-corrected chi connectivity index (χ2v) is 20.2. The lowest BCUT2D eigenvalue weighted by Crippen LogP contribution is -2.52. The first-order chi connectivity index (χ1) is 29.7. The van der Waals surface area contributed by atoms with E-state index in [0.717, 1.165) is 98.2 Å². The monoisotopic (exact) mass is 865 g/mol. The van der Waals surface area contributed by atoms with Gasteiger partial charge in [0.25, 0.3) is 0 Å². The van der Waals surface area contributed by atoms with Crippen molar-refractivity contribution in [2.45, 2.75) is 97.5 Å². The zero-order valence-electron chi connectivity index (χ0n) is 37.2. The number of carbonyl (C=O) groups is 1. The highest BCUT2D eigenvalue weighted by atomic mass is 32.1. The second kappa shape index (κ2) is 17.8. The molecular formula is C47H63N9O5S. The number of likely N-dealkylation sites (N-methyl/N-ethyl adjacent to an activating group) is 1. The number of pyridine rings is 1. The van der Waals surface area contributed by atoms with Crippen LogP contribution in [0.4, 0.5) is 22.6 Å². The van der Waals surface area contributed by atoms with E-state index in [1.54, 1.807) is 13.2 Å². The van der Waals surface area contributed by atoms with Gasteiger partial charge in [-0.3, -0.25) is 4.99 Å². The van der Waals surface area contributed by atoms with Gasteiger partial charge in [0.15, 0.2) is 22.5 Å². The Kier molecular flexibility index (Phi) is 12.6. The number of aliphatic hydroxyl groups excluding tert-OH is 1. The van der Waals surface area contributed by atoms with Gasteiger partial charge >= 0.3 is 5.97 Å². The Hall–Kier alpha value is -4.70. The van der Waals surface area contributed by atoms with Crippen molar-refractivity contribution in [3.05, 3.63) is 58.9 Å². The van der Waals surface area contributed by atoms with E-state index in [4.69, 9.17) is 30.2 Å².